The first-order chi connectivity index (χ1) is 10.5. The summed E-state index contributed by atoms with van der Waals surface area (Å²) in [6, 6.07) is 13.6. The van der Waals surface area contributed by atoms with Gasteiger partial charge in [0.15, 0.2) is 6.61 Å². The number of amides is 1. The topological polar surface area (TPSA) is 29.5 Å². The number of hydrogen-bond donors (Lipinski definition) is 0. The van der Waals surface area contributed by atoms with Crippen molar-refractivity contribution in [3.8, 4) is 5.75 Å². The predicted octanol–water partition coefficient (Wildman–Crippen LogP) is 3.73. The summed E-state index contributed by atoms with van der Waals surface area (Å²) in [5.74, 6) is 0.145. The molecule has 1 atom stereocenters. The Morgan fingerprint density at radius 3 is 2.64 bits per heavy atom. The number of ether oxygens (including phenoxy) is 1. The zero-order valence-corrected chi connectivity index (χ0v) is 13.0. The molecule has 4 heteroatoms. The van der Waals surface area contributed by atoms with Crippen LogP contribution in [-0.4, -0.2) is 24.5 Å². The van der Waals surface area contributed by atoms with Crippen LogP contribution in [-0.2, 0) is 4.79 Å². The van der Waals surface area contributed by atoms with Gasteiger partial charge in [0.05, 0.1) is 6.04 Å². The van der Waals surface area contributed by atoms with Crippen molar-refractivity contribution in [3.05, 3.63) is 65.5 Å². The normalized spacial score (nSPS) is 11.8. The van der Waals surface area contributed by atoms with E-state index >= 15 is 0 Å². The summed E-state index contributed by atoms with van der Waals surface area (Å²) in [5.41, 5.74) is 1.56. The van der Waals surface area contributed by atoms with Crippen molar-refractivity contribution in [2.45, 2.75) is 19.9 Å². The summed E-state index contributed by atoms with van der Waals surface area (Å²) < 4.78 is 19.3. The lowest BCUT2D eigenvalue weighted by molar-refractivity contribution is -0.134. The Kier molecular flexibility index (Phi) is 5.15. The van der Waals surface area contributed by atoms with Crippen LogP contribution in [0.25, 0.3) is 0 Å². The quantitative estimate of drug-likeness (QED) is 0.842. The van der Waals surface area contributed by atoms with E-state index in [1.165, 1.54) is 11.0 Å². The molecule has 0 spiro atoms. The van der Waals surface area contributed by atoms with Crippen molar-refractivity contribution < 1.29 is 13.9 Å². The number of carbonyl (C=O) groups is 1. The summed E-state index contributed by atoms with van der Waals surface area (Å²) in [7, 11) is 1.65. The van der Waals surface area contributed by atoms with Crippen molar-refractivity contribution in [1.82, 2.24) is 4.90 Å². The third-order valence-corrected chi connectivity index (χ3v) is 3.68. The number of aryl methyl sites for hydroxylation is 1. The van der Waals surface area contributed by atoms with Crippen molar-refractivity contribution in [1.29, 1.82) is 0 Å². The molecule has 116 valence electrons. The molecule has 0 fully saturated rings. The minimum Gasteiger partial charge on any atom is -0.484 e. The molecule has 2 rings (SSSR count). The predicted molar refractivity (Wildman–Crippen MR) is 84.3 cm³/mol. The Hall–Kier alpha value is -2.36. The number of halogens is 1. The van der Waals surface area contributed by atoms with E-state index < -0.39 is 0 Å². The van der Waals surface area contributed by atoms with Gasteiger partial charge in [-0.15, -0.1) is 0 Å². The molecule has 0 radical (unpaired) electrons. The standard InChI is InChI=1S/C18H20FNO2/c1-13-7-6-8-15(11-13)22-12-18(21)20(3)14(2)16-9-4-5-10-17(16)19/h4-11,14H,12H2,1-3H3. The van der Waals surface area contributed by atoms with Gasteiger partial charge in [-0.05, 0) is 37.6 Å². The molecule has 0 aromatic heterocycles. The molecule has 0 N–H and O–H groups in total. The van der Waals surface area contributed by atoms with Gasteiger partial charge in [0, 0.05) is 12.6 Å². The van der Waals surface area contributed by atoms with Gasteiger partial charge in [-0.2, -0.15) is 0 Å². The van der Waals surface area contributed by atoms with Crippen LogP contribution < -0.4 is 4.74 Å². The average molecular weight is 301 g/mol. The van der Waals surface area contributed by atoms with Gasteiger partial charge in [-0.25, -0.2) is 4.39 Å². The Balaban J connectivity index is 1.98. The molecule has 0 bridgehead atoms. The van der Waals surface area contributed by atoms with Gasteiger partial charge in [0.1, 0.15) is 11.6 Å². The summed E-state index contributed by atoms with van der Waals surface area (Å²) in [6.45, 7) is 3.68. The van der Waals surface area contributed by atoms with Crippen molar-refractivity contribution in [3.63, 3.8) is 0 Å². The minimum absolute atomic E-state index is 0.0707. The lowest BCUT2D eigenvalue weighted by Gasteiger charge is -2.25. The lowest BCUT2D eigenvalue weighted by atomic mass is 10.1. The smallest absolute Gasteiger partial charge is 0.260 e. The highest BCUT2D eigenvalue weighted by Gasteiger charge is 2.20. The lowest BCUT2D eigenvalue weighted by Crippen LogP contribution is -2.34. The van der Waals surface area contributed by atoms with Gasteiger partial charge < -0.3 is 9.64 Å². The summed E-state index contributed by atoms with van der Waals surface area (Å²) in [4.78, 5) is 13.7. The molecule has 0 aliphatic rings. The average Bonchev–Trinajstić information content (AvgIpc) is 2.52. The van der Waals surface area contributed by atoms with Gasteiger partial charge in [0.25, 0.3) is 5.91 Å². The first-order valence-corrected chi connectivity index (χ1v) is 7.18. The largest absolute Gasteiger partial charge is 0.484 e. The third-order valence-electron chi connectivity index (χ3n) is 3.68. The van der Waals surface area contributed by atoms with E-state index in [2.05, 4.69) is 0 Å². The zero-order valence-electron chi connectivity index (χ0n) is 13.0. The van der Waals surface area contributed by atoms with E-state index in [1.54, 1.807) is 38.2 Å². The van der Waals surface area contributed by atoms with E-state index in [1.807, 2.05) is 25.1 Å². The van der Waals surface area contributed by atoms with Crippen LogP contribution in [0.4, 0.5) is 4.39 Å². The fourth-order valence-corrected chi connectivity index (χ4v) is 2.19. The molecule has 3 nitrogen and oxygen atoms in total. The number of likely N-dealkylation sites (N-methyl/N-ethyl adjacent to an activating group) is 1. The highest BCUT2D eigenvalue weighted by Crippen LogP contribution is 2.21. The summed E-state index contributed by atoms with van der Waals surface area (Å²) >= 11 is 0. The Bertz CT molecular complexity index is 657. The third kappa shape index (κ3) is 3.85. The van der Waals surface area contributed by atoms with Gasteiger partial charge in [-0.3, -0.25) is 4.79 Å². The molecule has 1 unspecified atom stereocenters. The molecule has 2 aromatic rings. The molecule has 0 heterocycles. The maximum absolute atomic E-state index is 13.8. The van der Waals surface area contributed by atoms with Gasteiger partial charge >= 0.3 is 0 Å². The number of carbonyl (C=O) groups excluding carboxylic acids is 1. The van der Waals surface area contributed by atoms with Gasteiger partial charge in [-0.1, -0.05) is 30.3 Å². The van der Waals surface area contributed by atoms with Crippen LogP contribution in [0.3, 0.4) is 0 Å². The van der Waals surface area contributed by atoms with E-state index in [-0.39, 0.29) is 24.4 Å². The molecule has 0 aliphatic heterocycles. The second-order valence-corrected chi connectivity index (χ2v) is 5.31. The molecule has 0 saturated heterocycles. The fourth-order valence-electron chi connectivity index (χ4n) is 2.19. The molecule has 22 heavy (non-hydrogen) atoms. The van der Waals surface area contributed by atoms with Gasteiger partial charge in [0.2, 0.25) is 0 Å². The zero-order chi connectivity index (χ0) is 16.1. The van der Waals surface area contributed by atoms with Crippen LogP contribution in [0.2, 0.25) is 0 Å². The van der Waals surface area contributed by atoms with Crippen LogP contribution in [0.5, 0.6) is 5.75 Å². The minimum atomic E-state index is -0.352. The summed E-state index contributed by atoms with van der Waals surface area (Å²) in [6.07, 6.45) is 0. The molecular formula is C18H20FNO2. The Morgan fingerprint density at radius 1 is 1.23 bits per heavy atom. The molecular weight excluding hydrogens is 281 g/mol. The maximum Gasteiger partial charge on any atom is 0.260 e. The van der Waals surface area contributed by atoms with E-state index in [0.717, 1.165) is 5.56 Å². The van der Waals surface area contributed by atoms with Crippen LogP contribution >= 0.6 is 0 Å². The number of rotatable bonds is 5. The van der Waals surface area contributed by atoms with Crippen molar-refractivity contribution in [2.75, 3.05) is 13.7 Å². The number of benzene rings is 2. The van der Waals surface area contributed by atoms with E-state index in [0.29, 0.717) is 11.3 Å². The fraction of sp³-hybridized carbons (Fsp3) is 0.278. The molecule has 0 aliphatic carbocycles. The highest BCUT2D eigenvalue weighted by molar-refractivity contribution is 5.78. The van der Waals surface area contributed by atoms with Crippen molar-refractivity contribution >= 4 is 5.91 Å². The molecule has 2 aromatic carbocycles. The SMILES string of the molecule is Cc1cccc(OCC(=O)N(C)C(C)c2ccccc2F)c1. The maximum atomic E-state index is 13.8. The van der Waals surface area contributed by atoms with E-state index in [4.69, 9.17) is 4.74 Å². The number of nitrogens with zero attached hydrogens (tertiary/aromatic N) is 1. The van der Waals surface area contributed by atoms with E-state index in [9.17, 15) is 9.18 Å². The molecule has 0 saturated carbocycles. The first kappa shape index (κ1) is 16.0. The number of hydrogen-bond acceptors (Lipinski definition) is 2. The highest BCUT2D eigenvalue weighted by atomic mass is 19.1. The van der Waals surface area contributed by atoms with Crippen molar-refractivity contribution in [2.24, 2.45) is 0 Å². The second-order valence-electron chi connectivity index (χ2n) is 5.31. The van der Waals surface area contributed by atoms with Crippen LogP contribution in [0.15, 0.2) is 48.5 Å². The Morgan fingerprint density at radius 2 is 1.95 bits per heavy atom. The Labute approximate surface area is 130 Å². The monoisotopic (exact) mass is 301 g/mol. The van der Waals surface area contributed by atoms with Crippen LogP contribution in [0, 0.1) is 12.7 Å². The summed E-state index contributed by atoms with van der Waals surface area (Å²) in [5, 5.41) is 0. The molecule has 1 amide bonds. The first-order valence-electron chi connectivity index (χ1n) is 7.18. The van der Waals surface area contributed by atoms with Crippen LogP contribution in [0.1, 0.15) is 24.1 Å². The second kappa shape index (κ2) is 7.07.